The van der Waals surface area contributed by atoms with Crippen LogP contribution in [0.25, 0.3) is 50.1 Å². The first-order chi connectivity index (χ1) is 27.6. The SMILES string of the molecule is CC1(C)c2ccccc2-c2c(N(c3ccc(-c4ccccc4)cc3)c3cccc4c3-n3c(nc5ccccc53)C43c4ccccc4-c4ccccc43)cccc21. The van der Waals surface area contributed by atoms with E-state index in [4.69, 9.17) is 4.98 Å². The molecule has 0 fully saturated rings. The highest BCUT2D eigenvalue weighted by atomic mass is 15.2. The van der Waals surface area contributed by atoms with Crippen molar-refractivity contribution in [3.63, 3.8) is 0 Å². The number of nitrogens with zero attached hydrogens (tertiary/aromatic N) is 3. The molecular formula is C53H37N3. The second-order valence-corrected chi connectivity index (χ2v) is 15.9. The van der Waals surface area contributed by atoms with E-state index in [1.54, 1.807) is 0 Å². The second kappa shape index (κ2) is 11.3. The zero-order valence-electron chi connectivity index (χ0n) is 31.2. The van der Waals surface area contributed by atoms with Gasteiger partial charge in [0, 0.05) is 22.2 Å². The molecule has 8 aromatic carbocycles. The molecule has 1 aliphatic heterocycles. The van der Waals surface area contributed by atoms with Crippen molar-refractivity contribution < 1.29 is 0 Å². The molecule has 1 spiro atoms. The molecule has 0 N–H and O–H groups in total. The molecule has 3 aliphatic rings. The van der Waals surface area contributed by atoms with Crippen LogP contribution in [0.15, 0.2) is 188 Å². The normalized spacial score (nSPS) is 14.5. The first-order valence-corrected chi connectivity index (χ1v) is 19.6. The molecule has 56 heavy (non-hydrogen) atoms. The summed E-state index contributed by atoms with van der Waals surface area (Å²) >= 11 is 0. The van der Waals surface area contributed by atoms with Crippen molar-refractivity contribution in [3.8, 4) is 39.1 Å². The summed E-state index contributed by atoms with van der Waals surface area (Å²) in [5.74, 6) is 1.04. The quantitative estimate of drug-likeness (QED) is 0.181. The predicted molar refractivity (Wildman–Crippen MR) is 230 cm³/mol. The van der Waals surface area contributed by atoms with Gasteiger partial charge in [-0.1, -0.05) is 166 Å². The van der Waals surface area contributed by atoms with E-state index in [1.165, 1.54) is 66.9 Å². The number of aromatic nitrogens is 2. The van der Waals surface area contributed by atoms with Crippen molar-refractivity contribution in [1.82, 2.24) is 9.55 Å². The summed E-state index contributed by atoms with van der Waals surface area (Å²) in [5, 5.41) is 0. The van der Waals surface area contributed by atoms with Crippen molar-refractivity contribution in [2.24, 2.45) is 0 Å². The fourth-order valence-electron chi connectivity index (χ4n) is 10.4. The van der Waals surface area contributed by atoms with Crippen LogP contribution >= 0.6 is 0 Å². The molecule has 0 atom stereocenters. The average Bonchev–Trinajstić information content (AvgIpc) is 3.94. The minimum atomic E-state index is -0.590. The van der Waals surface area contributed by atoms with Crippen LogP contribution in [-0.2, 0) is 10.8 Å². The lowest BCUT2D eigenvalue weighted by Gasteiger charge is -2.31. The molecule has 9 aromatic rings. The summed E-state index contributed by atoms with van der Waals surface area (Å²) in [6, 6.07) is 69.2. The lowest BCUT2D eigenvalue weighted by atomic mass is 9.73. The van der Waals surface area contributed by atoms with Crippen LogP contribution in [0, 0.1) is 0 Å². The van der Waals surface area contributed by atoms with Crippen LogP contribution in [0.2, 0.25) is 0 Å². The molecule has 12 rings (SSSR count). The third-order valence-corrected chi connectivity index (χ3v) is 12.8. The third kappa shape index (κ3) is 3.94. The van der Waals surface area contributed by atoms with Crippen LogP contribution < -0.4 is 4.90 Å². The van der Waals surface area contributed by atoms with Crippen LogP contribution in [0.5, 0.6) is 0 Å². The van der Waals surface area contributed by atoms with Crippen molar-refractivity contribution in [3.05, 3.63) is 222 Å². The van der Waals surface area contributed by atoms with Gasteiger partial charge in [-0.2, -0.15) is 0 Å². The molecule has 3 heteroatoms. The number of rotatable bonds is 4. The lowest BCUT2D eigenvalue weighted by Crippen LogP contribution is -2.27. The summed E-state index contributed by atoms with van der Waals surface area (Å²) in [5.41, 5.74) is 20.0. The van der Waals surface area contributed by atoms with Gasteiger partial charge in [-0.15, -0.1) is 0 Å². The van der Waals surface area contributed by atoms with E-state index in [2.05, 4.69) is 211 Å². The zero-order chi connectivity index (χ0) is 37.2. The Morgan fingerprint density at radius 1 is 0.446 bits per heavy atom. The Hall–Kier alpha value is -6.97. The van der Waals surface area contributed by atoms with E-state index in [9.17, 15) is 0 Å². The Morgan fingerprint density at radius 2 is 1.00 bits per heavy atom. The summed E-state index contributed by atoms with van der Waals surface area (Å²) in [7, 11) is 0. The van der Waals surface area contributed by atoms with Gasteiger partial charge in [0.25, 0.3) is 0 Å². The van der Waals surface area contributed by atoms with E-state index in [0.29, 0.717) is 0 Å². The number of para-hydroxylation sites is 3. The van der Waals surface area contributed by atoms with Crippen LogP contribution in [-0.4, -0.2) is 9.55 Å². The third-order valence-electron chi connectivity index (χ3n) is 12.8. The number of hydrogen-bond acceptors (Lipinski definition) is 2. The maximum Gasteiger partial charge on any atom is 0.134 e. The van der Waals surface area contributed by atoms with E-state index >= 15 is 0 Å². The van der Waals surface area contributed by atoms with Crippen LogP contribution in [0.1, 0.15) is 47.5 Å². The molecule has 264 valence electrons. The fraction of sp³-hybridized carbons (Fsp3) is 0.0755. The number of benzene rings is 8. The molecule has 2 aliphatic carbocycles. The lowest BCUT2D eigenvalue weighted by molar-refractivity contribution is 0.660. The highest BCUT2D eigenvalue weighted by Gasteiger charge is 2.55. The fourth-order valence-corrected chi connectivity index (χ4v) is 10.4. The van der Waals surface area contributed by atoms with Gasteiger partial charge < -0.3 is 4.90 Å². The standard InChI is InChI=1S/C53H37N3/c1-52(2)40-21-9-8-20-39(40)49-43(52)24-14-28-47(49)55(36-32-30-35(31-33-36)34-16-4-3-5-17-34)48-29-15-25-44-50(48)56-46-27-13-12-26-45(46)54-51(56)53(44)41-22-10-6-18-37(41)38-19-7-11-23-42(38)53/h3-33H,1-2H3. The predicted octanol–water partition coefficient (Wildman–Crippen LogP) is 13.1. The summed E-state index contributed by atoms with van der Waals surface area (Å²) in [6.07, 6.45) is 0. The maximum absolute atomic E-state index is 5.58. The molecule has 0 radical (unpaired) electrons. The topological polar surface area (TPSA) is 21.1 Å². The number of anilines is 3. The zero-order valence-corrected chi connectivity index (χ0v) is 31.2. The van der Waals surface area contributed by atoms with Crippen LogP contribution in [0.4, 0.5) is 17.1 Å². The highest BCUT2D eigenvalue weighted by molar-refractivity contribution is 6.00. The molecule has 0 saturated carbocycles. The van der Waals surface area contributed by atoms with Gasteiger partial charge in [-0.25, -0.2) is 4.98 Å². The molecule has 0 saturated heterocycles. The molecule has 1 aromatic heterocycles. The van der Waals surface area contributed by atoms with E-state index in [1.807, 2.05) is 0 Å². The van der Waals surface area contributed by atoms with Gasteiger partial charge in [0.15, 0.2) is 0 Å². The van der Waals surface area contributed by atoms with Gasteiger partial charge >= 0.3 is 0 Å². The van der Waals surface area contributed by atoms with Crippen LogP contribution in [0.3, 0.4) is 0 Å². The Labute approximate surface area is 326 Å². The molecule has 0 unspecified atom stereocenters. The molecule has 2 heterocycles. The number of imidazole rings is 1. The van der Waals surface area contributed by atoms with Crippen molar-refractivity contribution >= 4 is 28.1 Å². The summed E-state index contributed by atoms with van der Waals surface area (Å²) in [6.45, 7) is 4.73. The average molecular weight is 716 g/mol. The minimum absolute atomic E-state index is 0.140. The Kier molecular flexibility index (Phi) is 6.32. The van der Waals surface area contributed by atoms with Gasteiger partial charge in [0.1, 0.15) is 11.2 Å². The van der Waals surface area contributed by atoms with Crippen molar-refractivity contribution in [2.75, 3.05) is 4.90 Å². The van der Waals surface area contributed by atoms with E-state index < -0.39 is 5.41 Å². The molecule has 3 nitrogen and oxygen atoms in total. The van der Waals surface area contributed by atoms with Gasteiger partial charge in [-0.3, -0.25) is 4.57 Å². The Balaban J connectivity index is 1.20. The largest absolute Gasteiger partial charge is 0.308 e. The van der Waals surface area contributed by atoms with Crippen molar-refractivity contribution in [1.29, 1.82) is 0 Å². The first kappa shape index (κ1) is 31.4. The maximum atomic E-state index is 5.58. The Morgan fingerprint density at radius 3 is 1.73 bits per heavy atom. The second-order valence-electron chi connectivity index (χ2n) is 15.9. The minimum Gasteiger partial charge on any atom is -0.308 e. The smallest absolute Gasteiger partial charge is 0.134 e. The van der Waals surface area contributed by atoms with Gasteiger partial charge in [0.2, 0.25) is 0 Å². The monoisotopic (exact) mass is 715 g/mol. The molecule has 0 amide bonds. The van der Waals surface area contributed by atoms with Crippen molar-refractivity contribution in [2.45, 2.75) is 24.7 Å². The molecular weight excluding hydrogens is 679 g/mol. The van der Waals surface area contributed by atoms with E-state index in [0.717, 1.165) is 33.9 Å². The molecule has 0 bridgehead atoms. The number of fused-ring (bicyclic) bond motifs is 15. The number of hydrogen-bond donors (Lipinski definition) is 0. The van der Waals surface area contributed by atoms with Gasteiger partial charge in [0.05, 0.1) is 28.1 Å². The summed E-state index contributed by atoms with van der Waals surface area (Å²) in [4.78, 5) is 8.11. The summed E-state index contributed by atoms with van der Waals surface area (Å²) < 4.78 is 2.48. The first-order valence-electron chi connectivity index (χ1n) is 19.6. The Bertz CT molecular complexity index is 3010. The van der Waals surface area contributed by atoms with E-state index in [-0.39, 0.29) is 5.41 Å². The highest BCUT2D eigenvalue weighted by Crippen LogP contribution is 2.63. The van der Waals surface area contributed by atoms with Gasteiger partial charge in [-0.05, 0) is 86.5 Å².